The Labute approximate surface area is 189 Å². The van der Waals surface area contributed by atoms with Gasteiger partial charge in [0.2, 0.25) is 5.91 Å². The third-order valence-electron chi connectivity index (χ3n) is 4.93. The highest BCUT2D eigenvalue weighted by Gasteiger charge is 2.34. The van der Waals surface area contributed by atoms with Gasteiger partial charge >= 0.3 is 0 Å². The number of thioether (sulfide) groups is 1. The Morgan fingerprint density at radius 1 is 1.23 bits per heavy atom. The molecule has 7 nitrogen and oxygen atoms in total. The summed E-state index contributed by atoms with van der Waals surface area (Å²) >= 11 is 7.21. The van der Waals surface area contributed by atoms with Crippen LogP contribution in [0.25, 0.3) is 11.3 Å². The van der Waals surface area contributed by atoms with Crippen LogP contribution in [0.2, 0.25) is 5.02 Å². The molecule has 160 valence electrons. The number of nitrogens with one attached hydrogen (secondary N) is 1. The monoisotopic (exact) mass is 474 g/mol. The van der Waals surface area contributed by atoms with E-state index in [1.54, 1.807) is 18.2 Å². The van der Waals surface area contributed by atoms with Gasteiger partial charge in [0.15, 0.2) is 5.16 Å². The first-order valence-electron chi connectivity index (χ1n) is 9.47. The highest BCUT2D eigenvalue weighted by atomic mass is 35.5. The number of fused-ring (bicyclic) bond motifs is 3. The Balaban J connectivity index is 1.58. The smallest absolute Gasteiger partial charge is 0.267 e. The molecule has 0 saturated heterocycles. The van der Waals surface area contributed by atoms with E-state index in [1.165, 1.54) is 17.5 Å². The molecule has 2 aromatic carbocycles. The van der Waals surface area contributed by atoms with E-state index in [0.29, 0.717) is 27.1 Å². The molecule has 1 aliphatic rings. The molecule has 1 amide bonds. The summed E-state index contributed by atoms with van der Waals surface area (Å²) in [4.78, 5) is 21.1. The number of hydrogen-bond acceptors (Lipinski definition) is 6. The lowest BCUT2D eigenvalue weighted by molar-refractivity contribution is -0.113. The minimum atomic E-state index is -3.79. The van der Waals surface area contributed by atoms with Crippen molar-refractivity contribution in [1.82, 2.24) is 9.97 Å². The van der Waals surface area contributed by atoms with Crippen LogP contribution in [0.3, 0.4) is 0 Å². The Hall–Kier alpha value is -2.62. The number of rotatable bonds is 5. The fourth-order valence-electron chi connectivity index (χ4n) is 3.32. The van der Waals surface area contributed by atoms with Gasteiger partial charge in [0.25, 0.3) is 10.0 Å². The van der Waals surface area contributed by atoms with Crippen LogP contribution in [-0.4, -0.2) is 37.1 Å². The number of aryl methyl sites for hydroxylation is 1. The Morgan fingerprint density at radius 3 is 2.77 bits per heavy atom. The maximum Gasteiger partial charge on any atom is 0.267 e. The zero-order valence-electron chi connectivity index (χ0n) is 16.8. The van der Waals surface area contributed by atoms with Crippen LogP contribution >= 0.6 is 23.4 Å². The highest BCUT2D eigenvalue weighted by molar-refractivity contribution is 7.99. The largest absolute Gasteiger partial charge is 0.325 e. The van der Waals surface area contributed by atoms with Gasteiger partial charge in [-0.3, -0.25) is 9.10 Å². The Morgan fingerprint density at radius 2 is 2.00 bits per heavy atom. The van der Waals surface area contributed by atoms with Crippen molar-refractivity contribution in [1.29, 1.82) is 0 Å². The second-order valence-electron chi connectivity index (χ2n) is 6.85. The number of sulfonamides is 1. The summed E-state index contributed by atoms with van der Waals surface area (Å²) in [5.74, 6) is -0.0940. The number of benzene rings is 2. The van der Waals surface area contributed by atoms with Gasteiger partial charge in [-0.05, 0) is 36.2 Å². The predicted octanol–water partition coefficient (Wildman–Crippen LogP) is 4.23. The molecule has 3 aromatic rings. The van der Waals surface area contributed by atoms with Crippen molar-refractivity contribution in [2.24, 2.45) is 0 Å². The topological polar surface area (TPSA) is 92.3 Å². The summed E-state index contributed by atoms with van der Waals surface area (Å²) in [5.41, 5.74) is 3.22. The summed E-state index contributed by atoms with van der Waals surface area (Å²) in [6.45, 7) is 2.02. The van der Waals surface area contributed by atoms with E-state index in [4.69, 9.17) is 11.6 Å². The SMILES string of the molecule is CCc1ccccc1NC(=O)CSc1ncc2c(n1)-c1ccc(Cl)cc1N(C)S2(=O)=O. The van der Waals surface area contributed by atoms with E-state index in [9.17, 15) is 13.2 Å². The summed E-state index contributed by atoms with van der Waals surface area (Å²) in [7, 11) is -2.32. The van der Waals surface area contributed by atoms with Crippen molar-refractivity contribution in [3.8, 4) is 11.3 Å². The third kappa shape index (κ3) is 4.13. The van der Waals surface area contributed by atoms with E-state index in [2.05, 4.69) is 15.3 Å². The number of carbonyl (C=O) groups excluding carboxylic acids is 1. The van der Waals surface area contributed by atoms with Gasteiger partial charge in [-0.25, -0.2) is 18.4 Å². The van der Waals surface area contributed by atoms with Crippen LogP contribution in [0.4, 0.5) is 11.4 Å². The van der Waals surface area contributed by atoms with Gasteiger partial charge in [0.05, 0.1) is 23.3 Å². The van der Waals surface area contributed by atoms with Gasteiger partial charge < -0.3 is 5.32 Å². The van der Waals surface area contributed by atoms with E-state index in [0.717, 1.165) is 29.4 Å². The van der Waals surface area contributed by atoms with Crippen molar-refractivity contribution in [3.05, 3.63) is 59.2 Å². The van der Waals surface area contributed by atoms with Gasteiger partial charge in [0, 0.05) is 23.3 Å². The van der Waals surface area contributed by atoms with Gasteiger partial charge in [-0.2, -0.15) is 0 Å². The van der Waals surface area contributed by atoms with Crippen molar-refractivity contribution < 1.29 is 13.2 Å². The average Bonchev–Trinajstić information content (AvgIpc) is 2.76. The number of amides is 1. The summed E-state index contributed by atoms with van der Waals surface area (Å²) in [6, 6.07) is 12.6. The second-order valence-corrected chi connectivity index (χ2v) is 10.2. The van der Waals surface area contributed by atoms with Gasteiger partial charge in [-0.15, -0.1) is 0 Å². The first-order chi connectivity index (χ1) is 14.8. The van der Waals surface area contributed by atoms with Crippen molar-refractivity contribution >= 4 is 50.7 Å². The summed E-state index contributed by atoms with van der Waals surface area (Å²) in [6.07, 6.45) is 2.10. The molecule has 1 N–H and O–H groups in total. The number of aromatic nitrogens is 2. The number of halogens is 1. The molecule has 31 heavy (non-hydrogen) atoms. The molecule has 0 saturated carbocycles. The van der Waals surface area contributed by atoms with E-state index in [1.807, 2.05) is 31.2 Å². The maximum absolute atomic E-state index is 12.9. The Bertz CT molecular complexity index is 1280. The predicted molar refractivity (Wildman–Crippen MR) is 123 cm³/mol. The second kappa shape index (κ2) is 8.49. The molecule has 0 unspecified atom stereocenters. The quantitative estimate of drug-likeness (QED) is 0.439. The van der Waals surface area contributed by atoms with Crippen molar-refractivity contribution in [3.63, 3.8) is 0 Å². The lowest BCUT2D eigenvalue weighted by Gasteiger charge is -2.28. The molecule has 0 radical (unpaired) electrons. The van der Waals surface area contributed by atoms with Crippen LogP contribution < -0.4 is 9.62 Å². The van der Waals surface area contributed by atoms with Crippen LogP contribution in [0.1, 0.15) is 12.5 Å². The standard InChI is InChI=1S/C21H19ClN4O3S2/c1-3-13-6-4-5-7-16(13)24-19(27)12-30-21-23-11-18-20(25-21)15-9-8-14(22)10-17(15)26(2)31(18,28)29/h4-11H,3,12H2,1-2H3,(H,24,27). The first-order valence-corrected chi connectivity index (χ1v) is 12.3. The van der Waals surface area contributed by atoms with Crippen LogP contribution in [0.5, 0.6) is 0 Å². The van der Waals surface area contributed by atoms with Crippen molar-refractivity contribution in [2.45, 2.75) is 23.4 Å². The molecule has 1 aromatic heterocycles. The summed E-state index contributed by atoms with van der Waals surface area (Å²) in [5, 5.41) is 3.65. The van der Waals surface area contributed by atoms with E-state index >= 15 is 0 Å². The lowest BCUT2D eigenvalue weighted by atomic mass is 10.1. The minimum Gasteiger partial charge on any atom is -0.325 e. The number of hydrogen-bond donors (Lipinski definition) is 1. The Kier molecular flexibility index (Phi) is 5.92. The van der Waals surface area contributed by atoms with Gasteiger partial charge in [0.1, 0.15) is 4.90 Å². The van der Waals surface area contributed by atoms with E-state index < -0.39 is 10.0 Å². The first kappa shape index (κ1) is 21.6. The number of carbonyl (C=O) groups is 1. The molecule has 4 rings (SSSR count). The highest BCUT2D eigenvalue weighted by Crippen LogP contribution is 2.42. The summed E-state index contributed by atoms with van der Waals surface area (Å²) < 4.78 is 26.9. The molecule has 0 aliphatic carbocycles. The zero-order valence-corrected chi connectivity index (χ0v) is 19.2. The van der Waals surface area contributed by atoms with Gasteiger partial charge in [-0.1, -0.05) is 48.5 Å². The minimum absolute atomic E-state index is 0.0236. The number of anilines is 2. The zero-order chi connectivity index (χ0) is 22.2. The maximum atomic E-state index is 12.9. The number of nitrogens with zero attached hydrogens (tertiary/aromatic N) is 3. The lowest BCUT2D eigenvalue weighted by Crippen LogP contribution is -2.31. The molecule has 0 bridgehead atoms. The number of para-hydroxylation sites is 1. The third-order valence-corrected chi connectivity index (χ3v) is 7.80. The normalized spacial score (nSPS) is 14.0. The van der Waals surface area contributed by atoms with E-state index in [-0.39, 0.29) is 16.6 Å². The molecule has 0 spiro atoms. The van der Waals surface area contributed by atoms with Crippen molar-refractivity contribution in [2.75, 3.05) is 22.4 Å². The molecule has 10 heteroatoms. The van der Waals surface area contributed by atoms with Crippen LogP contribution in [0.15, 0.2) is 58.7 Å². The fraction of sp³-hybridized carbons (Fsp3) is 0.190. The molecular formula is C21H19ClN4O3S2. The molecular weight excluding hydrogens is 456 g/mol. The molecule has 1 aliphatic heterocycles. The fourth-order valence-corrected chi connectivity index (χ4v) is 5.39. The molecule has 2 heterocycles. The van der Waals surface area contributed by atoms with Crippen LogP contribution in [-0.2, 0) is 21.2 Å². The van der Waals surface area contributed by atoms with Crippen LogP contribution in [0, 0.1) is 0 Å². The molecule has 0 atom stereocenters. The molecule has 0 fully saturated rings. The average molecular weight is 475 g/mol.